The number of likely N-dealkylation sites (tertiary alicyclic amines) is 1. The molecular weight excluding hydrogens is 300 g/mol. The standard InChI is InChI=1S/C19H32N4O/c1-20-19(21-12-9-16-10-13-22(2)14-11-16)23(3)15-17-5-7-18(24-4)8-6-17/h5-8,16H,9-15H2,1-4H3,(H,20,21). The Bertz CT molecular complexity index is 507. The number of piperidine rings is 1. The number of guanidine groups is 1. The molecule has 1 aromatic carbocycles. The van der Waals surface area contributed by atoms with Crippen LogP contribution in [0.1, 0.15) is 24.8 Å². The van der Waals surface area contributed by atoms with E-state index in [0.29, 0.717) is 0 Å². The van der Waals surface area contributed by atoms with Gasteiger partial charge in [0.05, 0.1) is 7.11 Å². The van der Waals surface area contributed by atoms with Crippen LogP contribution in [0.4, 0.5) is 0 Å². The van der Waals surface area contributed by atoms with Gasteiger partial charge in [-0.1, -0.05) is 12.1 Å². The number of rotatable bonds is 6. The highest BCUT2D eigenvalue weighted by atomic mass is 16.5. The van der Waals surface area contributed by atoms with Crippen LogP contribution in [0.25, 0.3) is 0 Å². The fourth-order valence-electron chi connectivity index (χ4n) is 3.20. The molecule has 1 aliphatic rings. The zero-order valence-corrected chi connectivity index (χ0v) is 15.6. The minimum Gasteiger partial charge on any atom is -0.497 e. The number of methoxy groups -OCH3 is 1. The molecular formula is C19H32N4O. The molecule has 134 valence electrons. The fraction of sp³-hybridized carbons (Fsp3) is 0.632. The molecule has 0 spiro atoms. The molecule has 5 heteroatoms. The molecule has 5 nitrogen and oxygen atoms in total. The highest BCUT2D eigenvalue weighted by Gasteiger charge is 2.16. The molecule has 1 fully saturated rings. The summed E-state index contributed by atoms with van der Waals surface area (Å²) in [6, 6.07) is 8.20. The van der Waals surface area contributed by atoms with Crippen molar-refractivity contribution in [3.63, 3.8) is 0 Å². The number of hydrogen-bond donors (Lipinski definition) is 1. The van der Waals surface area contributed by atoms with E-state index in [0.717, 1.165) is 30.7 Å². The Balaban J connectivity index is 1.75. The Morgan fingerprint density at radius 3 is 2.54 bits per heavy atom. The minimum atomic E-state index is 0.831. The number of benzene rings is 1. The summed E-state index contributed by atoms with van der Waals surface area (Å²) < 4.78 is 5.21. The molecule has 0 unspecified atom stereocenters. The molecule has 1 heterocycles. The molecule has 0 amide bonds. The maximum Gasteiger partial charge on any atom is 0.193 e. The third kappa shape index (κ3) is 5.71. The first-order valence-electron chi connectivity index (χ1n) is 8.85. The van der Waals surface area contributed by atoms with Crippen LogP contribution in [0.2, 0.25) is 0 Å². The van der Waals surface area contributed by atoms with Crippen LogP contribution >= 0.6 is 0 Å². The minimum absolute atomic E-state index is 0.831. The van der Waals surface area contributed by atoms with Gasteiger partial charge in [0, 0.05) is 27.2 Å². The van der Waals surface area contributed by atoms with E-state index in [1.54, 1.807) is 7.11 Å². The van der Waals surface area contributed by atoms with Crippen molar-refractivity contribution in [1.29, 1.82) is 0 Å². The van der Waals surface area contributed by atoms with Crippen molar-refractivity contribution in [2.24, 2.45) is 10.9 Å². The SMILES string of the molecule is CN=C(NCCC1CCN(C)CC1)N(C)Cc1ccc(OC)cc1. The van der Waals surface area contributed by atoms with Crippen LogP contribution in [0.5, 0.6) is 5.75 Å². The summed E-state index contributed by atoms with van der Waals surface area (Å²) >= 11 is 0. The lowest BCUT2D eigenvalue weighted by atomic mass is 9.94. The highest BCUT2D eigenvalue weighted by molar-refractivity contribution is 5.79. The first-order chi connectivity index (χ1) is 11.6. The van der Waals surface area contributed by atoms with Gasteiger partial charge in [-0.3, -0.25) is 4.99 Å². The maximum atomic E-state index is 5.21. The maximum absolute atomic E-state index is 5.21. The number of ether oxygens (including phenoxy) is 1. The van der Waals surface area contributed by atoms with Crippen molar-refractivity contribution < 1.29 is 4.74 Å². The van der Waals surface area contributed by atoms with E-state index in [1.807, 2.05) is 19.2 Å². The van der Waals surface area contributed by atoms with Crippen molar-refractivity contribution in [3.05, 3.63) is 29.8 Å². The van der Waals surface area contributed by atoms with Crippen LogP contribution in [0.15, 0.2) is 29.3 Å². The van der Waals surface area contributed by atoms with Crippen molar-refractivity contribution in [3.8, 4) is 5.75 Å². The average molecular weight is 332 g/mol. The van der Waals surface area contributed by atoms with Crippen LogP contribution in [-0.2, 0) is 6.54 Å². The van der Waals surface area contributed by atoms with Crippen LogP contribution in [-0.4, -0.2) is 63.6 Å². The lowest BCUT2D eigenvalue weighted by Crippen LogP contribution is -2.40. The van der Waals surface area contributed by atoms with Gasteiger partial charge >= 0.3 is 0 Å². The van der Waals surface area contributed by atoms with E-state index in [9.17, 15) is 0 Å². The van der Waals surface area contributed by atoms with Crippen molar-refractivity contribution >= 4 is 5.96 Å². The molecule has 1 aromatic rings. The van der Waals surface area contributed by atoms with Crippen molar-refractivity contribution in [2.45, 2.75) is 25.8 Å². The Morgan fingerprint density at radius 2 is 1.96 bits per heavy atom. The van der Waals surface area contributed by atoms with Gasteiger partial charge in [0.1, 0.15) is 5.75 Å². The van der Waals surface area contributed by atoms with Crippen molar-refractivity contribution in [1.82, 2.24) is 15.1 Å². The van der Waals surface area contributed by atoms with E-state index in [1.165, 1.54) is 37.9 Å². The van der Waals surface area contributed by atoms with Gasteiger partial charge in [-0.25, -0.2) is 0 Å². The van der Waals surface area contributed by atoms with Gasteiger partial charge in [-0.15, -0.1) is 0 Å². The van der Waals surface area contributed by atoms with Gasteiger partial charge in [-0.2, -0.15) is 0 Å². The second-order valence-corrected chi connectivity index (χ2v) is 6.71. The zero-order valence-electron chi connectivity index (χ0n) is 15.6. The van der Waals surface area contributed by atoms with E-state index < -0.39 is 0 Å². The van der Waals surface area contributed by atoms with Crippen LogP contribution in [0.3, 0.4) is 0 Å². The first kappa shape index (κ1) is 18.6. The van der Waals surface area contributed by atoms with Gasteiger partial charge in [0.15, 0.2) is 5.96 Å². The molecule has 0 aliphatic carbocycles. The topological polar surface area (TPSA) is 40.1 Å². The van der Waals surface area contributed by atoms with E-state index >= 15 is 0 Å². The van der Waals surface area contributed by atoms with E-state index in [-0.39, 0.29) is 0 Å². The molecule has 0 radical (unpaired) electrons. The summed E-state index contributed by atoms with van der Waals surface area (Å²) in [6.07, 6.45) is 3.86. The van der Waals surface area contributed by atoms with E-state index in [2.05, 4.69) is 46.3 Å². The monoisotopic (exact) mass is 332 g/mol. The summed E-state index contributed by atoms with van der Waals surface area (Å²) in [5, 5.41) is 3.51. The number of nitrogens with zero attached hydrogens (tertiary/aromatic N) is 3. The zero-order chi connectivity index (χ0) is 17.4. The summed E-state index contributed by atoms with van der Waals surface area (Å²) in [6.45, 7) is 4.29. The summed E-state index contributed by atoms with van der Waals surface area (Å²) in [5.74, 6) is 2.69. The third-order valence-electron chi connectivity index (χ3n) is 4.83. The molecule has 1 saturated heterocycles. The number of nitrogens with one attached hydrogen (secondary N) is 1. The number of hydrogen-bond acceptors (Lipinski definition) is 3. The largest absolute Gasteiger partial charge is 0.497 e. The quantitative estimate of drug-likeness (QED) is 0.642. The van der Waals surface area contributed by atoms with Gasteiger partial charge in [-0.05, 0) is 63.0 Å². The highest BCUT2D eigenvalue weighted by Crippen LogP contribution is 2.18. The predicted molar refractivity (Wildman–Crippen MR) is 101 cm³/mol. The first-order valence-corrected chi connectivity index (χ1v) is 8.85. The summed E-state index contributed by atoms with van der Waals surface area (Å²) in [7, 11) is 7.83. The predicted octanol–water partition coefficient (Wildman–Crippen LogP) is 2.43. The van der Waals surface area contributed by atoms with Gasteiger partial charge < -0.3 is 19.9 Å². The van der Waals surface area contributed by atoms with Gasteiger partial charge in [0.2, 0.25) is 0 Å². The Labute approximate surface area is 146 Å². The molecule has 2 rings (SSSR count). The number of aliphatic imine (C=N–C) groups is 1. The molecule has 1 aliphatic heterocycles. The van der Waals surface area contributed by atoms with Crippen LogP contribution < -0.4 is 10.1 Å². The lowest BCUT2D eigenvalue weighted by Gasteiger charge is -2.29. The second kappa shape index (κ2) is 9.52. The smallest absolute Gasteiger partial charge is 0.193 e. The molecule has 1 N–H and O–H groups in total. The molecule has 0 atom stereocenters. The average Bonchev–Trinajstić information content (AvgIpc) is 2.61. The molecule has 0 bridgehead atoms. The second-order valence-electron chi connectivity index (χ2n) is 6.71. The van der Waals surface area contributed by atoms with Gasteiger partial charge in [0.25, 0.3) is 0 Å². The molecule has 0 aromatic heterocycles. The molecule has 24 heavy (non-hydrogen) atoms. The van der Waals surface area contributed by atoms with E-state index in [4.69, 9.17) is 4.74 Å². The Kier molecular flexibility index (Phi) is 7.37. The Hall–Kier alpha value is -1.75. The fourth-order valence-corrected chi connectivity index (χ4v) is 3.20. The third-order valence-corrected chi connectivity index (χ3v) is 4.83. The Morgan fingerprint density at radius 1 is 1.29 bits per heavy atom. The summed E-state index contributed by atoms with van der Waals surface area (Å²) in [4.78, 5) is 9.00. The summed E-state index contributed by atoms with van der Waals surface area (Å²) in [5.41, 5.74) is 1.25. The lowest BCUT2D eigenvalue weighted by molar-refractivity contribution is 0.212. The van der Waals surface area contributed by atoms with Crippen molar-refractivity contribution in [2.75, 3.05) is 47.9 Å². The van der Waals surface area contributed by atoms with Crippen LogP contribution in [0, 0.1) is 5.92 Å². The molecule has 0 saturated carbocycles. The normalized spacial score (nSPS) is 16.9.